The van der Waals surface area contributed by atoms with E-state index in [0.717, 1.165) is 6.16 Å². The summed E-state index contributed by atoms with van der Waals surface area (Å²) in [5.74, 6) is 0.0718. The Bertz CT molecular complexity index is 842. The Morgan fingerprint density at radius 1 is 0.500 bits per heavy atom. The van der Waals surface area contributed by atoms with E-state index in [2.05, 4.69) is 97.9 Å². The minimum Gasteiger partial charge on any atom is -0.872 e. The van der Waals surface area contributed by atoms with E-state index in [9.17, 15) is 5.11 Å². The van der Waals surface area contributed by atoms with E-state index in [-0.39, 0.29) is 5.75 Å². The van der Waals surface area contributed by atoms with E-state index in [1.165, 1.54) is 28.0 Å². The van der Waals surface area contributed by atoms with Gasteiger partial charge in [-0.3, -0.25) is 0 Å². The van der Waals surface area contributed by atoms with Crippen LogP contribution in [0.2, 0.25) is 0 Å². The molecule has 0 aliphatic carbocycles. The van der Waals surface area contributed by atoms with Crippen molar-refractivity contribution in [1.82, 2.24) is 0 Å². The van der Waals surface area contributed by atoms with E-state index in [0.29, 0.717) is 0 Å². The molecule has 4 aromatic carbocycles. The monoisotopic (exact) mass is 384 g/mol. The molecule has 0 N–H and O–H groups in total. The molecule has 0 bridgehead atoms. The zero-order valence-electron chi connectivity index (χ0n) is 16.1. The highest BCUT2D eigenvalue weighted by Gasteiger charge is 2.43. The predicted octanol–water partition coefficient (Wildman–Crippen LogP) is 4.76. The van der Waals surface area contributed by atoms with Crippen LogP contribution in [0, 0.1) is 0 Å². The summed E-state index contributed by atoms with van der Waals surface area (Å²) in [5.41, 5.74) is 0. The van der Waals surface area contributed by atoms with Gasteiger partial charge in [-0.15, -0.1) is 5.75 Å². The normalized spacial score (nSPS) is 10.6. The van der Waals surface area contributed by atoms with Gasteiger partial charge in [0.15, 0.2) is 0 Å². The van der Waals surface area contributed by atoms with Gasteiger partial charge in [-0.1, -0.05) is 84.9 Å². The Hall–Kier alpha value is -2.89. The van der Waals surface area contributed by atoms with Gasteiger partial charge in [-0.25, -0.2) is 0 Å². The van der Waals surface area contributed by atoms with Gasteiger partial charge in [0.25, 0.3) is 0 Å². The molecule has 0 fully saturated rings. The van der Waals surface area contributed by atoms with Gasteiger partial charge < -0.3 is 5.11 Å². The first-order valence-corrected chi connectivity index (χ1v) is 11.5. The minimum absolute atomic E-state index is 0.0718. The van der Waals surface area contributed by atoms with Gasteiger partial charge >= 0.3 is 0 Å². The maximum Gasteiger partial charge on any atom is 0.111 e. The summed E-state index contributed by atoms with van der Waals surface area (Å²) in [7, 11) is -1.53. The highest BCUT2D eigenvalue weighted by Crippen LogP contribution is 2.54. The van der Waals surface area contributed by atoms with Gasteiger partial charge in [0.2, 0.25) is 0 Å². The highest BCUT2D eigenvalue weighted by molar-refractivity contribution is 7.95. The summed E-state index contributed by atoms with van der Waals surface area (Å²) in [6.45, 7) is 2.32. The Morgan fingerprint density at radius 2 is 0.786 bits per heavy atom. The van der Waals surface area contributed by atoms with E-state index in [1.807, 2.05) is 6.07 Å². The molecular formula is C26H25OP. The largest absolute Gasteiger partial charge is 0.872 e. The first kappa shape index (κ1) is 19.9. The molecule has 1 nitrogen and oxygen atoms in total. The van der Waals surface area contributed by atoms with E-state index < -0.39 is 7.26 Å². The Labute approximate surface area is 168 Å². The second kappa shape index (κ2) is 9.88. The van der Waals surface area contributed by atoms with Crippen LogP contribution >= 0.6 is 7.26 Å². The summed E-state index contributed by atoms with van der Waals surface area (Å²) in [6, 6.07) is 41.3. The lowest BCUT2D eigenvalue weighted by atomic mass is 10.3. The van der Waals surface area contributed by atoms with Crippen LogP contribution in [0.25, 0.3) is 0 Å². The van der Waals surface area contributed by atoms with E-state index in [1.54, 1.807) is 12.1 Å². The highest BCUT2D eigenvalue weighted by atomic mass is 31.2. The molecule has 0 aromatic heterocycles. The minimum atomic E-state index is -1.53. The number of rotatable bonds is 4. The van der Waals surface area contributed by atoms with Crippen molar-refractivity contribution in [3.05, 3.63) is 121 Å². The van der Waals surface area contributed by atoms with Crippen LogP contribution in [0.3, 0.4) is 0 Å². The third kappa shape index (κ3) is 4.50. The fourth-order valence-electron chi connectivity index (χ4n) is 3.46. The average Bonchev–Trinajstić information content (AvgIpc) is 2.78. The third-order valence-electron chi connectivity index (χ3n) is 4.81. The van der Waals surface area contributed by atoms with Gasteiger partial charge in [0, 0.05) is 0 Å². The van der Waals surface area contributed by atoms with Crippen LogP contribution in [0.5, 0.6) is 5.75 Å². The smallest absolute Gasteiger partial charge is 0.111 e. The van der Waals surface area contributed by atoms with E-state index in [4.69, 9.17) is 0 Å². The van der Waals surface area contributed by atoms with Crippen molar-refractivity contribution in [3.63, 3.8) is 0 Å². The van der Waals surface area contributed by atoms with Crippen molar-refractivity contribution in [2.75, 3.05) is 6.16 Å². The molecule has 0 radical (unpaired) electrons. The second-order valence-electron chi connectivity index (χ2n) is 6.45. The lowest BCUT2D eigenvalue weighted by molar-refractivity contribution is -0.268. The average molecular weight is 384 g/mol. The lowest BCUT2D eigenvalue weighted by Gasteiger charge is -2.26. The molecule has 0 unspecified atom stereocenters. The van der Waals surface area contributed by atoms with Crippen molar-refractivity contribution in [2.24, 2.45) is 0 Å². The van der Waals surface area contributed by atoms with Crippen LogP contribution < -0.4 is 21.0 Å². The SMILES string of the molecule is CC[P+](c1ccccc1)(c1ccccc1)c1ccccc1.[O-]c1ccccc1. The molecule has 0 spiro atoms. The number of para-hydroxylation sites is 1. The van der Waals surface area contributed by atoms with Crippen molar-refractivity contribution in [1.29, 1.82) is 0 Å². The maximum atomic E-state index is 10.3. The van der Waals surface area contributed by atoms with Crippen LogP contribution in [-0.2, 0) is 0 Å². The molecule has 0 heterocycles. The molecule has 0 saturated heterocycles. The van der Waals surface area contributed by atoms with Gasteiger partial charge in [-0.2, -0.15) is 0 Å². The predicted molar refractivity (Wildman–Crippen MR) is 122 cm³/mol. The second-order valence-corrected chi connectivity index (χ2v) is 10.2. The molecule has 0 aliphatic rings. The molecule has 0 atom stereocenters. The first-order valence-electron chi connectivity index (χ1n) is 9.54. The number of hydrogen-bond donors (Lipinski definition) is 0. The Balaban J connectivity index is 0.000000271. The van der Waals surface area contributed by atoms with Gasteiger partial charge in [0.05, 0.1) is 6.16 Å². The maximum absolute atomic E-state index is 10.3. The fraction of sp³-hybridized carbons (Fsp3) is 0.0769. The van der Waals surface area contributed by atoms with Crippen LogP contribution in [0.1, 0.15) is 6.92 Å². The van der Waals surface area contributed by atoms with Gasteiger partial charge in [0.1, 0.15) is 23.2 Å². The zero-order valence-corrected chi connectivity index (χ0v) is 17.0. The summed E-state index contributed by atoms with van der Waals surface area (Å²) in [5, 5.41) is 14.7. The molecule has 28 heavy (non-hydrogen) atoms. The van der Waals surface area contributed by atoms with E-state index >= 15 is 0 Å². The van der Waals surface area contributed by atoms with Crippen LogP contribution in [0.15, 0.2) is 121 Å². The van der Waals surface area contributed by atoms with Crippen LogP contribution in [-0.4, -0.2) is 6.16 Å². The molecule has 4 rings (SSSR count). The standard InChI is InChI=1S/C20H20P.C6H6O/c1-2-21(18-12-6-3-7-13-18,19-14-8-4-9-15-19)20-16-10-5-11-17-20;7-6-4-2-1-3-5-6/h3-17H,2H2,1H3;1-5,7H/q+1;/p-1. The van der Waals surface area contributed by atoms with Crippen molar-refractivity contribution in [3.8, 4) is 5.75 Å². The van der Waals surface area contributed by atoms with Crippen molar-refractivity contribution in [2.45, 2.75) is 6.92 Å². The molecule has 0 saturated carbocycles. The zero-order chi connectivity index (χ0) is 19.7. The van der Waals surface area contributed by atoms with Gasteiger partial charge in [-0.05, 0) is 43.3 Å². The summed E-state index contributed by atoms with van der Waals surface area (Å²) < 4.78 is 0. The Kier molecular flexibility index (Phi) is 7.00. The molecule has 0 amide bonds. The quantitative estimate of drug-likeness (QED) is 0.465. The molecule has 0 aliphatic heterocycles. The third-order valence-corrected chi connectivity index (χ3v) is 9.30. The topological polar surface area (TPSA) is 23.1 Å². The van der Waals surface area contributed by atoms with Crippen molar-refractivity contribution < 1.29 is 5.11 Å². The summed E-state index contributed by atoms with van der Waals surface area (Å²) in [6.07, 6.45) is 1.14. The summed E-state index contributed by atoms with van der Waals surface area (Å²) >= 11 is 0. The fourth-order valence-corrected chi connectivity index (χ4v) is 7.50. The first-order chi connectivity index (χ1) is 13.8. The Morgan fingerprint density at radius 3 is 1.00 bits per heavy atom. The number of benzene rings is 4. The molecule has 2 heteroatoms. The number of hydrogen-bond acceptors (Lipinski definition) is 1. The van der Waals surface area contributed by atoms with Crippen LogP contribution in [0.4, 0.5) is 0 Å². The molecule has 140 valence electrons. The lowest BCUT2D eigenvalue weighted by Crippen LogP contribution is -2.32. The molecular weight excluding hydrogens is 359 g/mol. The summed E-state index contributed by atoms with van der Waals surface area (Å²) in [4.78, 5) is 0. The molecule has 4 aromatic rings. The van der Waals surface area contributed by atoms with Crippen molar-refractivity contribution >= 4 is 23.2 Å².